The standard InChI is InChI=1S/C16H21NO/c1-12(2)17-9-4-5-15-11-14(6-7-16(15)17)13(3)8-10-18/h6-8,10-12H,4-5,9H2,1-3H3/b13-8-. The lowest BCUT2D eigenvalue weighted by atomic mass is 9.96. The Bertz CT molecular complexity index is 474. The number of anilines is 1. The topological polar surface area (TPSA) is 20.3 Å². The van der Waals surface area contributed by atoms with Crippen LogP contribution in [0.5, 0.6) is 0 Å². The maximum atomic E-state index is 10.5. The van der Waals surface area contributed by atoms with Crippen molar-refractivity contribution in [2.45, 2.75) is 39.7 Å². The number of aryl methyl sites for hydroxylation is 1. The van der Waals surface area contributed by atoms with Gasteiger partial charge in [0.1, 0.15) is 6.29 Å². The van der Waals surface area contributed by atoms with Crippen molar-refractivity contribution in [3.8, 4) is 0 Å². The normalized spacial score (nSPS) is 15.8. The van der Waals surface area contributed by atoms with Gasteiger partial charge in [0.2, 0.25) is 0 Å². The Hall–Kier alpha value is -1.57. The van der Waals surface area contributed by atoms with Crippen LogP contribution in [0, 0.1) is 0 Å². The lowest BCUT2D eigenvalue weighted by molar-refractivity contribution is -0.104. The van der Waals surface area contributed by atoms with Crippen LogP contribution in [0.25, 0.3) is 5.57 Å². The van der Waals surface area contributed by atoms with Crippen LogP contribution in [0.3, 0.4) is 0 Å². The predicted molar refractivity (Wildman–Crippen MR) is 77.0 cm³/mol. The van der Waals surface area contributed by atoms with Gasteiger partial charge in [-0.1, -0.05) is 6.07 Å². The van der Waals surface area contributed by atoms with Gasteiger partial charge in [-0.2, -0.15) is 0 Å². The number of benzene rings is 1. The highest BCUT2D eigenvalue weighted by Gasteiger charge is 2.19. The maximum Gasteiger partial charge on any atom is 0.143 e. The number of nitrogens with zero attached hydrogens (tertiary/aromatic N) is 1. The Labute approximate surface area is 109 Å². The fourth-order valence-electron chi connectivity index (χ4n) is 2.61. The van der Waals surface area contributed by atoms with Gasteiger partial charge in [0.05, 0.1) is 0 Å². The number of fused-ring (bicyclic) bond motifs is 1. The van der Waals surface area contributed by atoms with E-state index in [1.54, 1.807) is 6.08 Å². The van der Waals surface area contributed by atoms with Crippen LogP contribution in [-0.2, 0) is 11.2 Å². The molecule has 0 radical (unpaired) electrons. The number of hydrogen-bond acceptors (Lipinski definition) is 2. The first-order valence-corrected chi connectivity index (χ1v) is 6.65. The Morgan fingerprint density at radius 1 is 1.39 bits per heavy atom. The van der Waals surface area contributed by atoms with Crippen molar-refractivity contribution in [1.82, 2.24) is 0 Å². The van der Waals surface area contributed by atoms with Gasteiger partial charge in [0.15, 0.2) is 0 Å². The zero-order valence-corrected chi connectivity index (χ0v) is 11.4. The summed E-state index contributed by atoms with van der Waals surface area (Å²) in [6.45, 7) is 7.60. The fraction of sp³-hybridized carbons (Fsp3) is 0.438. The third-order valence-electron chi connectivity index (χ3n) is 3.63. The second-order valence-corrected chi connectivity index (χ2v) is 5.22. The molecule has 0 aromatic heterocycles. The number of allylic oxidation sites excluding steroid dienone is 2. The molecule has 2 rings (SSSR count). The van der Waals surface area contributed by atoms with E-state index in [1.807, 2.05) is 6.92 Å². The zero-order chi connectivity index (χ0) is 13.1. The molecule has 2 nitrogen and oxygen atoms in total. The molecule has 96 valence electrons. The quantitative estimate of drug-likeness (QED) is 0.598. The molecule has 0 aliphatic carbocycles. The molecular weight excluding hydrogens is 222 g/mol. The summed E-state index contributed by atoms with van der Waals surface area (Å²) in [4.78, 5) is 13.0. The van der Waals surface area contributed by atoms with E-state index >= 15 is 0 Å². The highest BCUT2D eigenvalue weighted by atomic mass is 16.1. The largest absolute Gasteiger partial charge is 0.369 e. The second kappa shape index (κ2) is 5.38. The van der Waals surface area contributed by atoms with E-state index in [0.29, 0.717) is 6.04 Å². The molecule has 0 amide bonds. The van der Waals surface area contributed by atoms with Crippen LogP contribution in [0.4, 0.5) is 5.69 Å². The van der Waals surface area contributed by atoms with E-state index < -0.39 is 0 Å². The van der Waals surface area contributed by atoms with E-state index in [9.17, 15) is 4.79 Å². The van der Waals surface area contributed by atoms with Crippen molar-refractivity contribution in [2.75, 3.05) is 11.4 Å². The molecule has 0 saturated carbocycles. The summed E-state index contributed by atoms with van der Waals surface area (Å²) in [5.41, 5.74) is 4.96. The Morgan fingerprint density at radius 2 is 2.17 bits per heavy atom. The number of hydrogen-bond donors (Lipinski definition) is 0. The van der Waals surface area contributed by atoms with Gasteiger partial charge in [-0.15, -0.1) is 0 Å². The summed E-state index contributed by atoms with van der Waals surface area (Å²) < 4.78 is 0. The van der Waals surface area contributed by atoms with Crippen LogP contribution >= 0.6 is 0 Å². The van der Waals surface area contributed by atoms with Crippen LogP contribution in [-0.4, -0.2) is 18.9 Å². The average Bonchev–Trinajstić information content (AvgIpc) is 2.37. The molecule has 1 aromatic rings. The Morgan fingerprint density at radius 3 is 2.83 bits per heavy atom. The van der Waals surface area contributed by atoms with Gasteiger partial charge in [0.25, 0.3) is 0 Å². The third-order valence-corrected chi connectivity index (χ3v) is 3.63. The summed E-state index contributed by atoms with van der Waals surface area (Å²) in [7, 11) is 0. The summed E-state index contributed by atoms with van der Waals surface area (Å²) in [5.74, 6) is 0. The van der Waals surface area contributed by atoms with Crippen molar-refractivity contribution in [3.05, 3.63) is 35.4 Å². The summed E-state index contributed by atoms with van der Waals surface area (Å²) in [6, 6.07) is 7.10. The van der Waals surface area contributed by atoms with Crippen LogP contribution in [0.2, 0.25) is 0 Å². The SMILES string of the molecule is C/C(=C/C=O)c1ccc2c(c1)CCCN2C(C)C. The number of carbonyl (C=O) groups excluding carboxylic acids is 1. The molecule has 2 heteroatoms. The van der Waals surface area contributed by atoms with Gasteiger partial charge in [-0.25, -0.2) is 0 Å². The van der Waals surface area contributed by atoms with E-state index in [2.05, 4.69) is 36.9 Å². The molecule has 0 bridgehead atoms. The van der Waals surface area contributed by atoms with Crippen molar-refractivity contribution < 1.29 is 4.79 Å². The summed E-state index contributed by atoms with van der Waals surface area (Å²) in [6.07, 6.45) is 4.84. The van der Waals surface area contributed by atoms with Crippen molar-refractivity contribution in [1.29, 1.82) is 0 Å². The van der Waals surface area contributed by atoms with Crippen LogP contribution in [0.15, 0.2) is 24.3 Å². The van der Waals surface area contributed by atoms with Gasteiger partial charge >= 0.3 is 0 Å². The minimum atomic E-state index is 0.543. The lowest BCUT2D eigenvalue weighted by Gasteiger charge is -2.35. The second-order valence-electron chi connectivity index (χ2n) is 5.22. The smallest absolute Gasteiger partial charge is 0.143 e. The molecule has 1 aliphatic heterocycles. The number of rotatable bonds is 3. The monoisotopic (exact) mass is 243 g/mol. The average molecular weight is 243 g/mol. The lowest BCUT2D eigenvalue weighted by Crippen LogP contribution is -2.35. The molecule has 1 aliphatic rings. The van der Waals surface area contributed by atoms with E-state index in [-0.39, 0.29) is 0 Å². The van der Waals surface area contributed by atoms with Crippen molar-refractivity contribution >= 4 is 17.5 Å². The van der Waals surface area contributed by atoms with Crippen LogP contribution < -0.4 is 4.90 Å². The fourth-order valence-corrected chi connectivity index (χ4v) is 2.61. The first-order valence-electron chi connectivity index (χ1n) is 6.65. The minimum Gasteiger partial charge on any atom is -0.369 e. The van der Waals surface area contributed by atoms with Gasteiger partial charge in [0, 0.05) is 18.3 Å². The zero-order valence-electron chi connectivity index (χ0n) is 11.4. The van der Waals surface area contributed by atoms with Gasteiger partial charge in [-0.05, 0) is 68.5 Å². The van der Waals surface area contributed by atoms with Crippen LogP contribution in [0.1, 0.15) is 38.3 Å². The van der Waals surface area contributed by atoms with Gasteiger partial charge < -0.3 is 4.90 Å². The molecule has 0 fully saturated rings. The number of aldehydes is 1. The first-order chi connectivity index (χ1) is 8.63. The Kier molecular flexibility index (Phi) is 3.85. The number of carbonyl (C=O) groups is 1. The van der Waals surface area contributed by atoms with E-state index in [1.165, 1.54) is 17.7 Å². The first kappa shape index (κ1) is 12.9. The predicted octanol–water partition coefficient (Wildman–Crippen LogP) is 3.45. The highest BCUT2D eigenvalue weighted by molar-refractivity contribution is 5.81. The molecule has 0 atom stereocenters. The molecule has 0 unspecified atom stereocenters. The molecule has 0 N–H and O–H groups in total. The molecule has 1 aromatic carbocycles. The maximum absolute atomic E-state index is 10.5. The molecule has 0 spiro atoms. The minimum absolute atomic E-state index is 0.543. The van der Waals surface area contributed by atoms with Gasteiger partial charge in [-0.3, -0.25) is 4.79 Å². The summed E-state index contributed by atoms with van der Waals surface area (Å²) >= 11 is 0. The molecule has 18 heavy (non-hydrogen) atoms. The van der Waals surface area contributed by atoms with Crippen molar-refractivity contribution in [2.24, 2.45) is 0 Å². The van der Waals surface area contributed by atoms with E-state index in [4.69, 9.17) is 0 Å². The van der Waals surface area contributed by atoms with E-state index in [0.717, 1.165) is 30.4 Å². The molecule has 1 heterocycles. The third kappa shape index (κ3) is 2.47. The molecular formula is C16H21NO. The Balaban J connectivity index is 2.38. The summed E-state index contributed by atoms with van der Waals surface area (Å²) in [5, 5.41) is 0. The molecule has 0 saturated heterocycles. The highest BCUT2D eigenvalue weighted by Crippen LogP contribution is 2.31. The van der Waals surface area contributed by atoms with Crippen molar-refractivity contribution in [3.63, 3.8) is 0 Å².